The number of hydrogen-bond acceptors (Lipinski definition) is 6. The predicted octanol–water partition coefficient (Wildman–Crippen LogP) is 4.95. The summed E-state index contributed by atoms with van der Waals surface area (Å²) in [4.78, 5) is 21.3. The van der Waals surface area contributed by atoms with Gasteiger partial charge in [-0.2, -0.15) is 0 Å². The third kappa shape index (κ3) is 4.25. The van der Waals surface area contributed by atoms with Crippen molar-refractivity contribution in [3.8, 4) is 11.5 Å². The van der Waals surface area contributed by atoms with Gasteiger partial charge in [-0.3, -0.25) is 4.79 Å². The molecule has 7 heteroatoms. The van der Waals surface area contributed by atoms with Crippen molar-refractivity contribution in [2.24, 2.45) is 0 Å². The van der Waals surface area contributed by atoms with Crippen LogP contribution in [0.5, 0.6) is 11.5 Å². The van der Waals surface area contributed by atoms with Crippen LogP contribution in [0.15, 0.2) is 67.0 Å². The number of aromatic nitrogens is 2. The maximum Gasteiger partial charge on any atom is 0.255 e. The van der Waals surface area contributed by atoms with E-state index >= 15 is 0 Å². The number of anilines is 3. The van der Waals surface area contributed by atoms with Crippen LogP contribution >= 0.6 is 0 Å². The third-order valence-corrected chi connectivity index (χ3v) is 4.91. The summed E-state index contributed by atoms with van der Waals surface area (Å²) in [7, 11) is 3.17. The van der Waals surface area contributed by atoms with Gasteiger partial charge < -0.3 is 20.1 Å². The van der Waals surface area contributed by atoms with Gasteiger partial charge >= 0.3 is 0 Å². The van der Waals surface area contributed by atoms with E-state index in [1.54, 1.807) is 26.4 Å². The minimum Gasteiger partial charge on any atom is -0.493 e. The van der Waals surface area contributed by atoms with Crippen LogP contribution in [0.4, 0.5) is 17.2 Å². The van der Waals surface area contributed by atoms with E-state index in [1.165, 1.54) is 6.33 Å². The van der Waals surface area contributed by atoms with Gasteiger partial charge in [-0.05, 0) is 42.8 Å². The van der Waals surface area contributed by atoms with Gasteiger partial charge in [-0.15, -0.1) is 0 Å². The maximum atomic E-state index is 12.6. The first-order chi connectivity index (χ1) is 15.1. The summed E-state index contributed by atoms with van der Waals surface area (Å²) < 4.78 is 10.8. The Morgan fingerprint density at radius 1 is 0.871 bits per heavy atom. The Labute approximate surface area is 180 Å². The fraction of sp³-hybridized carbons (Fsp3) is 0.125. The van der Waals surface area contributed by atoms with Crippen molar-refractivity contribution < 1.29 is 14.3 Å². The molecule has 0 aliphatic heterocycles. The molecule has 0 saturated heterocycles. The van der Waals surface area contributed by atoms with Crippen LogP contribution in [0.1, 0.15) is 15.9 Å². The Morgan fingerprint density at radius 2 is 1.61 bits per heavy atom. The Morgan fingerprint density at radius 3 is 2.39 bits per heavy atom. The Kier molecular flexibility index (Phi) is 5.66. The van der Waals surface area contributed by atoms with E-state index < -0.39 is 0 Å². The number of nitrogens with one attached hydrogen (secondary N) is 2. The monoisotopic (exact) mass is 414 g/mol. The smallest absolute Gasteiger partial charge is 0.255 e. The molecule has 0 radical (unpaired) electrons. The molecule has 1 aromatic heterocycles. The standard InChI is InChI=1S/C24H22N4O3/c1-15-7-4-5-10-18(15)24(29)28-17-9-6-8-16(11-17)27-23-19-12-21(30-2)22(31-3)13-20(19)25-14-26-23/h4-14H,1-3H3,(H,28,29)(H,25,26,27). The number of aryl methyl sites for hydroxylation is 1. The van der Waals surface area contributed by atoms with Gasteiger partial charge in [0.1, 0.15) is 12.1 Å². The lowest BCUT2D eigenvalue weighted by atomic mass is 10.1. The van der Waals surface area contributed by atoms with Crippen molar-refractivity contribution >= 4 is 34.0 Å². The molecular formula is C24H22N4O3. The molecule has 0 atom stereocenters. The number of ether oxygens (including phenoxy) is 2. The van der Waals surface area contributed by atoms with Crippen LogP contribution < -0.4 is 20.1 Å². The number of carbonyl (C=O) groups excluding carboxylic acids is 1. The third-order valence-electron chi connectivity index (χ3n) is 4.91. The Balaban J connectivity index is 1.61. The summed E-state index contributed by atoms with van der Waals surface area (Å²) >= 11 is 0. The van der Waals surface area contributed by atoms with Gasteiger partial charge in [0.05, 0.1) is 19.7 Å². The zero-order valence-electron chi connectivity index (χ0n) is 17.5. The van der Waals surface area contributed by atoms with Crippen LogP contribution in [-0.4, -0.2) is 30.1 Å². The highest BCUT2D eigenvalue weighted by Crippen LogP contribution is 2.34. The topological polar surface area (TPSA) is 85.4 Å². The first-order valence-corrected chi connectivity index (χ1v) is 9.70. The zero-order valence-corrected chi connectivity index (χ0v) is 17.5. The lowest BCUT2D eigenvalue weighted by Crippen LogP contribution is -2.13. The number of methoxy groups -OCH3 is 2. The van der Waals surface area contributed by atoms with Crippen LogP contribution in [0, 0.1) is 6.92 Å². The summed E-state index contributed by atoms with van der Waals surface area (Å²) in [6.07, 6.45) is 1.49. The molecule has 0 saturated carbocycles. The van der Waals surface area contributed by atoms with Crippen molar-refractivity contribution in [3.63, 3.8) is 0 Å². The van der Waals surface area contributed by atoms with E-state index in [9.17, 15) is 4.79 Å². The quantitative estimate of drug-likeness (QED) is 0.464. The summed E-state index contributed by atoms with van der Waals surface area (Å²) in [6.45, 7) is 1.91. The zero-order chi connectivity index (χ0) is 21.8. The number of hydrogen-bond donors (Lipinski definition) is 2. The van der Waals surface area contributed by atoms with Gasteiger partial charge in [-0.25, -0.2) is 9.97 Å². The summed E-state index contributed by atoms with van der Waals surface area (Å²) in [5.74, 6) is 1.65. The number of fused-ring (bicyclic) bond motifs is 1. The molecule has 7 nitrogen and oxygen atoms in total. The van der Waals surface area contributed by atoms with E-state index in [-0.39, 0.29) is 5.91 Å². The van der Waals surface area contributed by atoms with Crippen LogP contribution in [0.2, 0.25) is 0 Å². The number of nitrogens with zero attached hydrogens (tertiary/aromatic N) is 2. The Hall–Kier alpha value is -4.13. The second-order valence-corrected chi connectivity index (χ2v) is 6.92. The molecule has 0 aliphatic carbocycles. The van der Waals surface area contributed by atoms with Crippen molar-refractivity contribution in [2.75, 3.05) is 24.9 Å². The SMILES string of the molecule is COc1cc2ncnc(Nc3cccc(NC(=O)c4ccccc4C)c3)c2cc1OC. The first kappa shape index (κ1) is 20.2. The fourth-order valence-electron chi connectivity index (χ4n) is 3.32. The molecule has 0 unspecified atom stereocenters. The van der Waals surface area contributed by atoms with Crippen molar-refractivity contribution in [2.45, 2.75) is 6.92 Å². The van der Waals surface area contributed by atoms with Crippen LogP contribution in [-0.2, 0) is 0 Å². The number of rotatable bonds is 6. The van der Waals surface area contributed by atoms with Gasteiger partial charge in [0.15, 0.2) is 11.5 Å². The van der Waals surface area contributed by atoms with Crippen LogP contribution in [0.3, 0.4) is 0 Å². The molecule has 156 valence electrons. The minimum atomic E-state index is -0.153. The largest absolute Gasteiger partial charge is 0.493 e. The molecule has 1 heterocycles. The maximum absolute atomic E-state index is 12.6. The number of benzene rings is 3. The van der Waals surface area contributed by atoms with Crippen LogP contribution in [0.25, 0.3) is 10.9 Å². The lowest BCUT2D eigenvalue weighted by Gasteiger charge is -2.13. The molecule has 4 rings (SSSR count). The number of amides is 1. The van der Waals surface area contributed by atoms with Crippen molar-refractivity contribution in [1.29, 1.82) is 0 Å². The predicted molar refractivity (Wildman–Crippen MR) is 121 cm³/mol. The van der Waals surface area contributed by atoms with Gasteiger partial charge in [0.2, 0.25) is 0 Å². The molecule has 4 aromatic rings. The Bertz CT molecular complexity index is 1260. The van der Waals surface area contributed by atoms with E-state index in [4.69, 9.17) is 9.47 Å². The highest BCUT2D eigenvalue weighted by Gasteiger charge is 2.12. The highest BCUT2D eigenvalue weighted by atomic mass is 16.5. The average Bonchev–Trinajstić information content (AvgIpc) is 2.79. The average molecular weight is 414 g/mol. The molecular weight excluding hydrogens is 392 g/mol. The fourth-order valence-corrected chi connectivity index (χ4v) is 3.32. The molecule has 31 heavy (non-hydrogen) atoms. The van der Waals surface area contributed by atoms with Gasteiger partial charge in [-0.1, -0.05) is 24.3 Å². The molecule has 3 aromatic carbocycles. The van der Waals surface area contributed by atoms with Gasteiger partial charge in [0.25, 0.3) is 5.91 Å². The second-order valence-electron chi connectivity index (χ2n) is 6.92. The van der Waals surface area contributed by atoms with E-state index in [2.05, 4.69) is 20.6 Å². The molecule has 0 fully saturated rings. The van der Waals surface area contributed by atoms with Crippen molar-refractivity contribution in [1.82, 2.24) is 9.97 Å². The van der Waals surface area contributed by atoms with Crippen molar-refractivity contribution in [3.05, 3.63) is 78.1 Å². The number of carbonyl (C=O) groups is 1. The molecule has 0 spiro atoms. The van der Waals surface area contributed by atoms with E-state index in [0.29, 0.717) is 28.6 Å². The highest BCUT2D eigenvalue weighted by molar-refractivity contribution is 6.05. The molecule has 0 bridgehead atoms. The summed E-state index contributed by atoms with van der Waals surface area (Å²) in [5, 5.41) is 7.04. The van der Waals surface area contributed by atoms with Gasteiger partial charge in [0, 0.05) is 28.4 Å². The lowest BCUT2D eigenvalue weighted by molar-refractivity contribution is 0.102. The molecule has 0 aliphatic rings. The van der Waals surface area contributed by atoms with E-state index in [1.807, 2.05) is 55.5 Å². The summed E-state index contributed by atoms with van der Waals surface area (Å²) in [6, 6.07) is 18.6. The minimum absolute atomic E-state index is 0.153. The molecule has 2 N–H and O–H groups in total. The first-order valence-electron chi connectivity index (χ1n) is 9.70. The normalized spacial score (nSPS) is 10.5. The summed E-state index contributed by atoms with van der Waals surface area (Å²) in [5.41, 5.74) is 3.74. The second kappa shape index (κ2) is 8.71. The molecule has 1 amide bonds. The van der Waals surface area contributed by atoms with E-state index in [0.717, 1.165) is 22.2 Å².